The van der Waals surface area contributed by atoms with E-state index < -0.39 is 0 Å². The van der Waals surface area contributed by atoms with Crippen molar-refractivity contribution >= 4 is 0 Å². The van der Waals surface area contributed by atoms with Crippen LogP contribution in [0.3, 0.4) is 0 Å². The first-order valence-electron chi connectivity index (χ1n) is 4.69. The van der Waals surface area contributed by atoms with E-state index in [2.05, 4.69) is 24.8 Å². The zero-order chi connectivity index (χ0) is 9.14. The van der Waals surface area contributed by atoms with Gasteiger partial charge < -0.3 is 5.11 Å². The zero-order valence-electron chi connectivity index (χ0n) is 8.25. The van der Waals surface area contributed by atoms with Crippen LogP contribution in [0.4, 0.5) is 0 Å². The molecular weight excluding hydrogens is 150 g/mol. The second-order valence-corrected chi connectivity index (χ2v) is 3.78. The molecule has 70 valence electrons. The second-order valence-electron chi connectivity index (χ2n) is 3.78. The first-order chi connectivity index (χ1) is 5.61. The van der Waals surface area contributed by atoms with E-state index >= 15 is 0 Å². The number of aliphatic hydroxyl groups is 1. The third kappa shape index (κ3) is 2.32. The van der Waals surface area contributed by atoms with Gasteiger partial charge >= 0.3 is 0 Å². The zero-order valence-corrected chi connectivity index (χ0v) is 8.25. The molecule has 0 saturated carbocycles. The molecule has 0 fully saturated rings. The van der Waals surface area contributed by atoms with Gasteiger partial charge in [-0.25, -0.2) is 0 Å². The molecule has 0 aromatic heterocycles. The van der Waals surface area contributed by atoms with E-state index in [1.807, 2.05) is 6.92 Å². The van der Waals surface area contributed by atoms with Crippen LogP contribution in [-0.2, 0) is 0 Å². The minimum absolute atomic E-state index is 0.225. The Labute approximate surface area is 74.9 Å². The van der Waals surface area contributed by atoms with Gasteiger partial charge in [-0.15, -0.1) is 0 Å². The van der Waals surface area contributed by atoms with Gasteiger partial charge in [-0.2, -0.15) is 0 Å². The maximum absolute atomic E-state index is 9.38. The van der Waals surface area contributed by atoms with Crippen LogP contribution < -0.4 is 0 Å². The summed E-state index contributed by atoms with van der Waals surface area (Å²) in [4.78, 5) is 2.32. The number of hydrogen-bond donors (Lipinski definition) is 1. The van der Waals surface area contributed by atoms with Crippen LogP contribution >= 0.6 is 0 Å². The summed E-state index contributed by atoms with van der Waals surface area (Å²) in [7, 11) is 0. The fourth-order valence-corrected chi connectivity index (χ4v) is 1.46. The summed E-state index contributed by atoms with van der Waals surface area (Å²) in [6.45, 7) is 8.20. The second kappa shape index (κ2) is 4.06. The Morgan fingerprint density at radius 3 is 2.58 bits per heavy atom. The first-order valence-corrected chi connectivity index (χ1v) is 4.69. The van der Waals surface area contributed by atoms with Crippen LogP contribution in [0.1, 0.15) is 27.2 Å². The van der Waals surface area contributed by atoms with Crippen molar-refractivity contribution in [3.05, 3.63) is 11.6 Å². The molecule has 0 aromatic carbocycles. The standard InChI is InChI=1S/C10H19NO/c1-8-4-6-11(7-5-8)9(2)10(3)12/h4,9-10,12H,5-7H2,1-3H3. The maximum Gasteiger partial charge on any atom is 0.0664 e. The van der Waals surface area contributed by atoms with Gasteiger partial charge in [-0.3, -0.25) is 4.90 Å². The van der Waals surface area contributed by atoms with E-state index in [4.69, 9.17) is 0 Å². The van der Waals surface area contributed by atoms with Gasteiger partial charge in [0.2, 0.25) is 0 Å². The Hall–Kier alpha value is -0.340. The van der Waals surface area contributed by atoms with Gasteiger partial charge in [-0.05, 0) is 27.2 Å². The van der Waals surface area contributed by atoms with Crippen molar-refractivity contribution in [1.82, 2.24) is 4.90 Å². The van der Waals surface area contributed by atoms with Crippen molar-refractivity contribution in [1.29, 1.82) is 0 Å². The molecule has 2 nitrogen and oxygen atoms in total. The minimum Gasteiger partial charge on any atom is -0.392 e. The lowest BCUT2D eigenvalue weighted by atomic mass is 10.1. The molecule has 0 bridgehead atoms. The van der Waals surface area contributed by atoms with Gasteiger partial charge in [0.05, 0.1) is 6.10 Å². The molecule has 1 aliphatic rings. The summed E-state index contributed by atoms with van der Waals surface area (Å²) in [6.07, 6.45) is 3.18. The van der Waals surface area contributed by atoms with Crippen LogP contribution in [0.5, 0.6) is 0 Å². The highest BCUT2D eigenvalue weighted by Crippen LogP contribution is 2.13. The lowest BCUT2D eigenvalue weighted by Crippen LogP contribution is -2.42. The van der Waals surface area contributed by atoms with Crippen molar-refractivity contribution < 1.29 is 5.11 Å². The number of hydrogen-bond acceptors (Lipinski definition) is 2. The van der Waals surface area contributed by atoms with Crippen LogP contribution in [0.25, 0.3) is 0 Å². The molecule has 2 unspecified atom stereocenters. The Balaban J connectivity index is 2.45. The summed E-state index contributed by atoms with van der Waals surface area (Å²) >= 11 is 0. The molecule has 1 rings (SSSR count). The largest absolute Gasteiger partial charge is 0.392 e. The van der Waals surface area contributed by atoms with E-state index in [1.165, 1.54) is 5.57 Å². The first kappa shape index (κ1) is 9.75. The lowest BCUT2D eigenvalue weighted by Gasteiger charge is -2.32. The molecule has 0 aliphatic carbocycles. The Morgan fingerprint density at radius 1 is 1.50 bits per heavy atom. The molecule has 1 N–H and O–H groups in total. The van der Waals surface area contributed by atoms with Crippen LogP contribution in [-0.4, -0.2) is 35.2 Å². The molecular formula is C10H19NO. The van der Waals surface area contributed by atoms with Crippen molar-refractivity contribution in [3.63, 3.8) is 0 Å². The summed E-state index contributed by atoms with van der Waals surface area (Å²) in [5.41, 5.74) is 1.48. The SMILES string of the molecule is CC1=CCN(C(C)C(C)O)CC1. The topological polar surface area (TPSA) is 23.5 Å². The highest BCUT2D eigenvalue weighted by Gasteiger charge is 2.19. The highest BCUT2D eigenvalue weighted by atomic mass is 16.3. The average molecular weight is 169 g/mol. The summed E-state index contributed by atoms with van der Waals surface area (Å²) in [5.74, 6) is 0. The Kier molecular flexibility index (Phi) is 3.29. The lowest BCUT2D eigenvalue weighted by molar-refractivity contribution is 0.0758. The summed E-state index contributed by atoms with van der Waals surface area (Å²) in [5, 5.41) is 9.38. The van der Waals surface area contributed by atoms with E-state index in [0.717, 1.165) is 19.5 Å². The quantitative estimate of drug-likeness (QED) is 0.632. The van der Waals surface area contributed by atoms with E-state index in [0.29, 0.717) is 0 Å². The predicted molar refractivity (Wildman–Crippen MR) is 51.1 cm³/mol. The normalized spacial score (nSPS) is 24.8. The molecule has 0 spiro atoms. The summed E-state index contributed by atoms with van der Waals surface area (Å²) < 4.78 is 0. The molecule has 0 radical (unpaired) electrons. The number of rotatable bonds is 2. The number of nitrogens with zero attached hydrogens (tertiary/aromatic N) is 1. The van der Waals surface area contributed by atoms with E-state index in [9.17, 15) is 5.11 Å². The Bertz CT molecular complexity index is 175. The molecule has 0 amide bonds. The van der Waals surface area contributed by atoms with Gasteiger partial charge in [0.1, 0.15) is 0 Å². The highest BCUT2D eigenvalue weighted by molar-refractivity contribution is 5.04. The Morgan fingerprint density at radius 2 is 2.17 bits per heavy atom. The van der Waals surface area contributed by atoms with Crippen LogP contribution in [0, 0.1) is 0 Å². The van der Waals surface area contributed by atoms with Crippen molar-refractivity contribution in [2.45, 2.75) is 39.3 Å². The monoisotopic (exact) mass is 169 g/mol. The van der Waals surface area contributed by atoms with Gasteiger partial charge in [0.25, 0.3) is 0 Å². The predicted octanol–water partition coefficient (Wildman–Crippen LogP) is 1.41. The summed E-state index contributed by atoms with van der Waals surface area (Å²) in [6, 6.07) is 0.286. The molecule has 0 aromatic rings. The third-order valence-electron chi connectivity index (χ3n) is 2.74. The van der Waals surface area contributed by atoms with Crippen molar-refractivity contribution in [3.8, 4) is 0 Å². The third-order valence-corrected chi connectivity index (χ3v) is 2.74. The average Bonchev–Trinajstić information content (AvgIpc) is 2.04. The number of aliphatic hydroxyl groups excluding tert-OH is 1. The fraction of sp³-hybridized carbons (Fsp3) is 0.800. The molecule has 2 heteroatoms. The molecule has 1 aliphatic heterocycles. The van der Waals surface area contributed by atoms with Crippen molar-refractivity contribution in [2.24, 2.45) is 0 Å². The molecule has 2 atom stereocenters. The van der Waals surface area contributed by atoms with Gasteiger partial charge in [0.15, 0.2) is 0 Å². The molecule has 0 saturated heterocycles. The van der Waals surface area contributed by atoms with E-state index in [1.54, 1.807) is 0 Å². The van der Waals surface area contributed by atoms with Gasteiger partial charge in [-0.1, -0.05) is 11.6 Å². The smallest absolute Gasteiger partial charge is 0.0664 e. The molecule has 1 heterocycles. The molecule has 12 heavy (non-hydrogen) atoms. The van der Waals surface area contributed by atoms with E-state index in [-0.39, 0.29) is 12.1 Å². The fourth-order valence-electron chi connectivity index (χ4n) is 1.46. The van der Waals surface area contributed by atoms with Crippen molar-refractivity contribution in [2.75, 3.05) is 13.1 Å². The minimum atomic E-state index is -0.225. The van der Waals surface area contributed by atoms with Crippen LogP contribution in [0.2, 0.25) is 0 Å². The van der Waals surface area contributed by atoms with Gasteiger partial charge in [0, 0.05) is 19.1 Å². The maximum atomic E-state index is 9.38. The van der Waals surface area contributed by atoms with Crippen LogP contribution in [0.15, 0.2) is 11.6 Å².